The van der Waals surface area contributed by atoms with Crippen molar-refractivity contribution in [1.29, 1.82) is 0 Å². The second kappa shape index (κ2) is 8.39. The Balaban J connectivity index is 1.78. The molecule has 0 bridgehead atoms. The number of carbonyl (C=O) groups excluding carboxylic acids is 3. The zero-order valence-electron chi connectivity index (χ0n) is 15.1. The van der Waals surface area contributed by atoms with E-state index in [1.54, 1.807) is 12.1 Å². The fraction of sp³-hybridized carbons (Fsp3) is 0.333. The van der Waals surface area contributed by atoms with E-state index in [1.165, 1.54) is 48.6 Å². The van der Waals surface area contributed by atoms with Gasteiger partial charge in [0.15, 0.2) is 10.9 Å². The highest BCUT2D eigenvalue weighted by Gasteiger charge is 2.33. The van der Waals surface area contributed by atoms with E-state index in [4.69, 9.17) is 12.2 Å². The molecule has 0 aromatic heterocycles. The summed E-state index contributed by atoms with van der Waals surface area (Å²) in [5.74, 6) is -1.07. The van der Waals surface area contributed by atoms with E-state index in [9.17, 15) is 14.4 Å². The lowest BCUT2D eigenvalue weighted by molar-refractivity contribution is -0.128. The molecular weight excluding hydrogens is 360 g/mol. The summed E-state index contributed by atoms with van der Waals surface area (Å²) in [7, 11) is 0. The SMILES string of the molecule is C=CCN1C(=O)/C(=C/C(=O)c2ccc(C3CCCCC3)cc2)C(=O)NC1=S. The highest BCUT2D eigenvalue weighted by molar-refractivity contribution is 7.80. The Morgan fingerprint density at radius 2 is 1.85 bits per heavy atom. The van der Waals surface area contributed by atoms with Crippen molar-refractivity contribution < 1.29 is 14.4 Å². The van der Waals surface area contributed by atoms with Gasteiger partial charge in [0.25, 0.3) is 11.8 Å². The number of ketones is 1. The number of thiocarbonyl (C=S) groups is 1. The van der Waals surface area contributed by atoms with Crippen LogP contribution in [-0.4, -0.2) is 34.2 Å². The molecule has 6 heteroatoms. The van der Waals surface area contributed by atoms with E-state index >= 15 is 0 Å². The molecule has 2 amide bonds. The third-order valence-electron chi connectivity index (χ3n) is 5.04. The Kier molecular flexibility index (Phi) is 5.96. The molecule has 140 valence electrons. The van der Waals surface area contributed by atoms with Crippen LogP contribution in [0.4, 0.5) is 0 Å². The molecule has 0 spiro atoms. The summed E-state index contributed by atoms with van der Waals surface area (Å²) in [5.41, 5.74) is 1.48. The van der Waals surface area contributed by atoms with Crippen molar-refractivity contribution in [3.05, 3.63) is 59.7 Å². The van der Waals surface area contributed by atoms with E-state index in [1.807, 2.05) is 12.1 Å². The number of benzene rings is 1. The molecular formula is C21H22N2O3S. The van der Waals surface area contributed by atoms with Gasteiger partial charge in [0.05, 0.1) is 0 Å². The minimum absolute atomic E-state index is 0.0198. The van der Waals surface area contributed by atoms with Gasteiger partial charge in [0.1, 0.15) is 5.57 Å². The summed E-state index contributed by atoms with van der Waals surface area (Å²) < 4.78 is 0. The second-order valence-electron chi connectivity index (χ2n) is 6.84. The molecule has 1 N–H and O–H groups in total. The molecule has 1 aliphatic carbocycles. The molecule has 2 aliphatic rings. The van der Waals surface area contributed by atoms with Crippen LogP contribution in [-0.2, 0) is 9.59 Å². The molecule has 27 heavy (non-hydrogen) atoms. The molecule has 2 fully saturated rings. The predicted molar refractivity (Wildman–Crippen MR) is 107 cm³/mol. The molecule has 3 rings (SSSR count). The Hall–Kier alpha value is -2.60. The van der Waals surface area contributed by atoms with Gasteiger partial charge in [-0.25, -0.2) is 0 Å². The Bertz CT molecular complexity index is 820. The number of nitrogens with zero attached hydrogens (tertiary/aromatic N) is 1. The summed E-state index contributed by atoms with van der Waals surface area (Å²) in [6, 6.07) is 7.48. The van der Waals surface area contributed by atoms with E-state index in [2.05, 4.69) is 11.9 Å². The maximum Gasteiger partial charge on any atom is 0.266 e. The molecule has 1 saturated heterocycles. The number of hydrogen-bond donors (Lipinski definition) is 1. The minimum atomic E-state index is -0.655. The number of allylic oxidation sites excluding steroid dienone is 1. The van der Waals surface area contributed by atoms with Crippen LogP contribution in [0.1, 0.15) is 53.9 Å². The second-order valence-corrected chi connectivity index (χ2v) is 7.23. The highest BCUT2D eigenvalue weighted by atomic mass is 32.1. The maximum atomic E-state index is 12.6. The van der Waals surface area contributed by atoms with Gasteiger partial charge in [0.2, 0.25) is 0 Å². The summed E-state index contributed by atoms with van der Waals surface area (Å²) in [4.78, 5) is 38.3. The fourth-order valence-electron chi connectivity index (χ4n) is 3.56. The van der Waals surface area contributed by atoms with Crippen molar-refractivity contribution in [2.24, 2.45) is 0 Å². The molecule has 1 aromatic carbocycles. The number of hydrogen-bond acceptors (Lipinski definition) is 4. The Labute approximate surface area is 164 Å². The minimum Gasteiger partial charge on any atom is -0.298 e. The summed E-state index contributed by atoms with van der Waals surface area (Å²) in [6.45, 7) is 3.74. The van der Waals surface area contributed by atoms with Crippen molar-refractivity contribution >= 4 is 34.9 Å². The molecule has 1 aromatic rings. The smallest absolute Gasteiger partial charge is 0.266 e. The largest absolute Gasteiger partial charge is 0.298 e. The van der Waals surface area contributed by atoms with Crippen LogP contribution < -0.4 is 5.32 Å². The maximum absolute atomic E-state index is 12.6. The normalized spacial score (nSPS) is 19.9. The lowest BCUT2D eigenvalue weighted by Gasteiger charge is -2.27. The third kappa shape index (κ3) is 4.22. The average Bonchev–Trinajstić information content (AvgIpc) is 2.69. The lowest BCUT2D eigenvalue weighted by Crippen LogP contribution is -2.54. The van der Waals surface area contributed by atoms with Crippen molar-refractivity contribution in [2.45, 2.75) is 38.0 Å². The van der Waals surface area contributed by atoms with Gasteiger partial charge in [-0.05, 0) is 36.5 Å². The van der Waals surface area contributed by atoms with Crippen LogP contribution in [0.2, 0.25) is 0 Å². The Morgan fingerprint density at radius 3 is 2.48 bits per heavy atom. The zero-order chi connectivity index (χ0) is 19.4. The van der Waals surface area contributed by atoms with Gasteiger partial charge in [-0.3, -0.25) is 24.6 Å². The number of carbonyl (C=O) groups is 3. The Morgan fingerprint density at radius 1 is 1.19 bits per heavy atom. The number of amides is 2. The zero-order valence-corrected chi connectivity index (χ0v) is 15.9. The number of nitrogens with one attached hydrogen (secondary N) is 1. The van der Waals surface area contributed by atoms with Gasteiger partial charge in [0, 0.05) is 18.2 Å². The lowest BCUT2D eigenvalue weighted by atomic mass is 9.84. The average molecular weight is 382 g/mol. The van der Waals surface area contributed by atoms with Crippen LogP contribution in [0.5, 0.6) is 0 Å². The first-order chi connectivity index (χ1) is 13.0. The molecule has 0 atom stereocenters. The van der Waals surface area contributed by atoms with Gasteiger partial charge in [-0.15, -0.1) is 6.58 Å². The van der Waals surface area contributed by atoms with Crippen LogP contribution in [0.3, 0.4) is 0 Å². The van der Waals surface area contributed by atoms with Gasteiger partial charge < -0.3 is 0 Å². The topological polar surface area (TPSA) is 66.5 Å². The first kappa shape index (κ1) is 19.2. The third-order valence-corrected chi connectivity index (χ3v) is 5.37. The standard InChI is InChI=1S/C21H22N2O3S/c1-2-12-23-20(26)17(19(25)22-21(23)27)13-18(24)16-10-8-15(9-11-16)14-6-4-3-5-7-14/h2,8-11,13-14H,1,3-7,12H2,(H,22,25,27)/b17-13+. The summed E-state index contributed by atoms with van der Waals surface area (Å²) in [6.07, 6.45) is 8.75. The molecule has 1 aliphatic heterocycles. The van der Waals surface area contributed by atoms with Crippen LogP contribution in [0.25, 0.3) is 0 Å². The molecule has 0 unspecified atom stereocenters. The van der Waals surface area contributed by atoms with Crippen molar-refractivity contribution in [1.82, 2.24) is 10.2 Å². The number of rotatable bonds is 5. The summed E-state index contributed by atoms with van der Waals surface area (Å²) in [5, 5.41) is 2.45. The van der Waals surface area contributed by atoms with Crippen molar-refractivity contribution in [2.75, 3.05) is 6.54 Å². The van der Waals surface area contributed by atoms with Crippen LogP contribution >= 0.6 is 12.2 Å². The van der Waals surface area contributed by atoms with Crippen LogP contribution in [0, 0.1) is 0 Å². The quantitative estimate of drug-likeness (QED) is 0.279. The van der Waals surface area contributed by atoms with Gasteiger partial charge in [-0.2, -0.15) is 0 Å². The molecule has 1 heterocycles. The predicted octanol–water partition coefficient (Wildman–Crippen LogP) is 3.27. The summed E-state index contributed by atoms with van der Waals surface area (Å²) >= 11 is 5.00. The first-order valence-corrected chi connectivity index (χ1v) is 9.56. The molecule has 0 radical (unpaired) electrons. The van der Waals surface area contributed by atoms with E-state index in [0.29, 0.717) is 11.5 Å². The van der Waals surface area contributed by atoms with Gasteiger partial charge >= 0.3 is 0 Å². The van der Waals surface area contributed by atoms with Crippen LogP contribution in [0.15, 0.2) is 48.6 Å². The van der Waals surface area contributed by atoms with E-state index in [-0.39, 0.29) is 23.0 Å². The van der Waals surface area contributed by atoms with Gasteiger partial charge in [-0.1, -0.05) is 49.6 Å². The monoisotopic (exact) mass is 382 g/mol. The molecule has 5 nitrogen and oxygen atoms in total. The molecule has 1 saturated carbocycles. The van der Waals surface area contributed by atoms with E-state index < -0.39 is 11.8 Å². The highest BCUT2D eigenvalue weighted by Crippen LogP contribution is 2.32. The van der Waals surface area contributed by atoms with Crippen molar-refractivity contribution in [3.8, 4) is 0 Å². The first-order valence-electron chi connectivity index (χ1n) is 9.15. The van der Waals surface area contributed by atoms with E-state index in [0.717, 1.165) is 6.08 Å². The van der Waals surface area contributed by atoms with Crippen molar-refractivity contribution in [3.63, 3.8) is 0 Å². The fourth-order valence-corrected chi connectivity index (χ4v) is 3.81.